The van der Waals surface area contributed by atoms with Crippen LogP contribution < -0.4 is 9.47 Å². The van der Waals surface area contributed by atoms with Gasteiger partial charge in [-0.2, -0.15) is 0 Å². The molecule has 0 atom stereocenters. The van der Waals surface area contributed by atoms with Crippen LogP contribution in [0.3, 0.4) is 0 Å². The molecule has 2 aromatic carbocycles. The lowest BCUT2D eigenvalue weighted by atomic mass is 10.1. The minimum absolute atomic E-state index is 0.0325. The summed E-state index contributed by atoms with van der Waals surface area (Å²) in [6.07, 6.45) is 0. The Morgan fingerprint density at radius 1 is 1.00 bits per heavy atom. The van der Waals surface area contributed by atoms with Crippen LogP contribution in [0.15, 0.2) is 36.4 Å². The van der Waals surface area contributed by atoms with Gasteiger partial charge < -0.3 is 14.2 Å². The Kier molecular flexibility index (Phi) is 6.00. The van der Waals surface area contributed by atoms with Crippen molar-refractivity contribution in [2.75, 3.05) is 13.7 Å². The zero-order valence-corrected chi connectivity index (χ0v) is 13.9. The fraction of sp³-hybridized carbons (Fsp3) is 0.167. The summed E-state index contributed by atoms with van der Waals surface area (Å²) >= 11 is 0. The van der Waals surface area contributed by atoms with Crippen molar-refractivity contribution in [1.29, 1.82) is 0 Å². The Morgan fingerprint density at radius 3 is 2.35 bits per heavy atom. The van der Waals surface area contributed by atoms with Gasteiger partial charge in [-0.1, -0.05) is 0 Å². The van der Waals surface area contributed by atoms with E-state index in [0.717, 1.165) is 12.1 Å². The largest absolute Gasteiger partial charge is 0.493 e. The standard InChI is InChI=1S/C18H14F2O6/c1-10(21)26-16-6-3-11(7-17(16)24-2)18(23)25-9-15(22)13-5-4-12(19)8-14(13)20/h3-8H,9H2,1-2H3. The number of rotatable bonds is 6. The first-order valence-electron chi connectivity index (χ1n) is 7.33. The molecule has 0 aromatic heterocycles. The molecule has 6 nitrogen and oxygen atoms in total. The van der Waals surface area contributed by atoms with Crippen LogP contribution in [0.1, 0.15) is 27.6 Å². The highest BCUT2D eigenvalue weighted by atomic mass is 19.1. The van der Waals surface area contributed by atoms with Crippen molar-refractivity contribution >= 4 is 17.7 Å². The van der Waals surface area contributed by atoms with E-state index in [9.17, 15) is 23.2 Å². The average Bonchev–Trinajstić information content (AvgIpc) is 2.59. The number of ketones is 1. The first-order valence-corrected chi connectivity index (χ1v) is 7.33. The average molecular weight is 364 g/mol. The summed E-state index contributed by atoms with van der Waals surface area (Å²) in [5.74, 6) is -3.89. The minimum Gasteiger partial charge on any atom is -0.493 e. The summed E-state index contributed by atoms with van der Waals surface area (Å²) in [6.45, 7) is 0.483. The molecule has 2 aromatic rings. The van der Waals surface area contributed by atoms with Crippen molar-refractivity contribution in [2.24, 2.45) is 0 Å². The molecule has 0 aliphatic carbocycles. The number of halogens is 2. The summed E-state index contributed by atoms with van der Waals surface area (Å²) in [5, 5.41) is 0. The number of carbonyl (C=O) groups is 3. The molecule has 0 unspecified atom stereocenters. The number of hydrogen-bond acceptors (Lipinski definition) is 6. The molecule has 26 heavy (non-hydrogen) atoms. The Bertz CT molecular complexity index is 863. The van der Waals surface area contributed by atoms with Crippen LogP contribution in [0.4, 0.5) is 8.78 Å². The molecule has 0 saturated carbocycles. The summed E-state index contributed by atoms with van der Waals surface area (Å²) < 4.78 is 41.2. The van der Waals surface area contributed by atoms with Crippen LogP contribution in [0.25, 0.3) is 0 Å². The topological polar surface area (TPSA) is 78.9 Å². The van der Waals surface area contributed by atoms with Gasteiger partial charge in [0.1, 0.15) is 11.6 Å². The molecule has 2 rings (SSSR count). The quantitative estimate of drug-likeness (QED) is 0.446. The van der Waals surface area contributed by atoms with Gasteiger partial charge in [0, 0.05) is 13.0 Å². The number of esters is 2. The molecule has 0 radical (unpaired) electrons. The van der Waals surface area contributed by atoms with Gasteiger partial charge in [0.25, 0.3) is 0 Å². The fourth-order valence-electron chi connectivity index (χ4n) is 2.04. The second-order valence-electron chi connectivity index (χ2n) is 5.08. The van der Waals surface area contributed by atoms with E-state index in [2.05, 4.69) is 0 Å². The maximum absolute atomic E-state index is 13.5. The van der Waals surface area contributed by atoms with E-state index in [4.69, 9.17) is 14.2 Å². The predicted molar refractivity (Wildman–Crippen MR) is 85.3 cm³/mol. The molecule has 136 valence electrons. The molecular formula is C18H14F2O6. The Balaban J connectivity index is 2.07. The first kappa shape index (κ1) is 19.0. The molecule has 0 bridgehead atoms. The smallest absolute Gasteiger partial charge is 0.338 e. The summed E-state index contributed by atoms with van der Waals surface area (Å²) in [7, 11) is 1.32. The molecule has 0 aliphatic heterocycles. The van der Waals surface area contributed by atoms with Crippen molar-refractivity contribution in [3.05, 3.63) is 59.2 Å². The molecule has 0 N–H and O–H groups in total. The third-order valence-corrected chi connectivity index (χ3v) is 3.22. The zero-order chi connectivity index (χ0) is 19.3. The maximum Gasteiger partial charge on any atom is 0.338 e. The highest BCUT2D eigenvalue weighted by Crippen LogP contribution is 2.28. The lowest BCUT2D eigenvalue weighted by Gasteiger charge is -2.10. The van der Waals surface area contributed by atoms with Crippen molar-refractivity contribution in [2.45, 2.75) is 6.92 Å². The lowest BCUT2D eigenvalue weighted by Crippen LogP contribution is -2.15. The molecule has 0 heterocycles. The molecule has 0 amide bonds. The third kappa shape index (κ3) is 4.62. The van der Waals surface area contributed by atoms with Gasteiger partial charge in [0.15, 0.2) is 18.1 Å². The highest BCUT2D eigenvalue weighted by Gasteiger charge is 2.17. The first-order chi connectivity index (χ1) is 12.3. The van der Waals surface area contributed by atoms with Gasteiger partial charge in [-0.05, 0) is 30.3 Å². The van der Waals surface area contributed by atoms with Crippen LogP contribution in [-0.4, -0.2) is 31.4 Å². The van der Waals surface area contributed by atoms with Gasteiger partial charge in [0.05, 0.1) is 18.2 Å². The third-order valence-electron chi connectivity index (χ3n) is 3.22. The lowest BCUT2D eigenvalue weighted by molar-refractivity contribution is -0.132. The monoisotopic (exact) mass is 364 g/mol. The number of hydrogen-bond donors (Lipinski definition) is 0. The van der Waals surface area contributed by atoms with Gasteiger partial charge in [-0.3, -0.25) is 9.59 Å². The van der Waals surface area contributed by atoms with E-state index in [-0.39, 0.29) is 22.6 Å². The van der Waals surface area contributed by atoms with E-state index in [1.807, 2.05) is 0 Å². The summed E-state index contributed by atoms with van der Waals surface area (Å²) in [6, 6.07) is 6.37. The SMILES string of the molecule is COc1cc(C(=O)OCC(=O)c2ccc(F)cc2F)ccc1OC(C)=O. The van der Waals surface area contributed by atoms with Crippen LogP contribution in [-0.2, 0) is 9.53 Å². The number of Topliss-reactive ketones (excluding diaryl/α,β-unsaturated/α-hetero) is 1. The molecular weight excluding hydrogens is 350 g/mol. The van der Waals surface area contributed by atoms with E-state index >= 15 is 0 Å². The van der Waals surface area contributed by atoms with Crippen molar-refractivity contribution in [3.63, 3.8) is 0 Å². The molecule has 0 saturated heterocycles. The van der Waals surface area contributed by atoms with Crippen molar-refractivity contribution in [1.82, 2.24) is 0 Å². The summed E-state index contributed by atoms with van der Waals surface area (Å²) in [5.41, 5.74) is -0.355. The van der Waals surface area contributed by atoms with Gasteiger partial charge >= 0.3 is 11.9 Å². The van der Waals surface area contributed by atoms with E-state index in [1.165, 1.54) is 32.2 Å². The van der Waals surface area contributed by atoms with Crippen LogP contribution >= 0.6 is 0 Å². The van der Waals surface area contributed by atoms with Gasteiger partial charge in [0.2, 0.25) is 5.78 Å². The molecule has 0 fully saturated rings. The fourth-order valence-corrected chi connectivity index (χ4v) is 2.04. The van der Waals surface area contributed by atoms with Gasteiger partial charge in [-0.25, -0.2) is 13.6 Å². The highest BCUT2D eigenvalue weighted by molar-refractivity contribution is 5.99. The maximum atomic E-state index is 13.5. The molecule has 0 spiro atoms. The Labute approximate surface area is 147 Å². The second kappa shape index (κ2) is 8.19. The van der Waals surface area contributed by atoms with E-state index in [1.54, 1.807) is 0 Å². The van der Waals surface area contributed by atoms with E-state index < -0.39 is 36.0 Å². The number of methoxy groups -OCH3 is 1. The normalized spacial score (nSPS) is 10.2. The molecule has 0 aliphatic rings. The van der Waals surface area contributed by atoms with Crippen molar-refractivity contribution in [3.8, 4) is 11.5 Å². The Hall–Kier alpha value is -3.29. The van der Waals surface area contributed by atoms with Gasteiger partial charge in [-0.15, -0.1) is 0 Å². The minimum atomic E-state index is -1.04. The summed E-state index contributed by atoms with van der Waals surface area (Å²) in [4.78, 5) is 34.9. The number of carbonyl (C=O) groups excluding carboxylic acids is 3. The van der Waals surface area contributed by atoms with Crippen LogP contribution in [0, 0.1) is 11.6 Å². The molecule has 8 heteroatoms. The van der Waals surface area contributed by atoms with Crippen LogP contribution in [0.2, 0.25) is 0 Å². The second-order valence-corrected chi connectivity index (χ2v) is 5.08. The van der Waals surface area contributed by atoms with Crippen LogP contribution in [0.5, 0.6) is 11.5 Å². The predicted octanol–water partition coefficient (Wildman–Crippen LogP) is 2.94. The van der Waals surface area contributed by atoms with E-state index in [0.29, 0.717) is 6.07 Å². The zero-order valence-electron chi connectivity index (χ0n) is 13.9. The Morgan fingerprint density at radius 2 is 1.73 bits per heavy atom. The number of ether oxygens (including phenoxy) is 3. The number of benzene rings is 2. The van der Waals surface area contributed by atoms with Crippen molar-refractivity contribution < 1.29 is 37.4 Å².